The summed E-state index contributed by atoms with van der Waals surface area (Å²) in [6, 6.07) is 10.2. The molecule has 0 aliphatic carbocycles. The van der Waals surface area contributed by atoms with Gasteiger partial charge in [-0.05, 0) is 5.56 Å². The Morgan fingerprint density at radius 2 is 2.00 bits per heavy atom. The monoisotopic (exact) mass is 240 g/mol. The van der Waals surface area contributed by atoms with Crippen LogP contribution in [0, 0.1) is 0 Å². The van der Waals surface area contributed by atoms with Crippen LogP contribution >= 0.6 is 0 Å². The summed E-state index contributed by atoms with van der Waals surface area (Å²) in [4.78, 5) is 4.06. The predicted molar refractivity (Wildman–Crippen MR) is 66.4 cm³/mol. The van der Waals surface area contributed by atoms with Crippen molar-refractivity contribution >= 4 is 5.65 Å². The molecule has 0 aliphatic rings. The van der Waals surface area contributed by atoms with Gasteiger partial charge in [-0.1, -0.05) is 30.3 Å². The highest BCUT2D eigenvalue weighted by molar-refractivity contribution is 5.36. The minimum Gasteiger partial charge on any atom is -0.477 e. The lowest BCUT2D eigenvalue weighted by Gasteiger charge is -2.07. The first-order chi connectivity index (χ1) is 8.93. The molecule has 90 valence electrons. The van der Waals surface area contributed by atoms with Crippen LogP contribution in [0.5, 0.6) is 5.88 Å². The molecule has 3 rings (SSSR count). The van der Waals surface area contributed by atoms with E-state index >= 15 is 0 Å². The lowest BCUT2D eigenvalue weighted by molar-refractivity contribution is 0.304. The zero-order valence-corrected chi connectivity index (χ0v) is 9.73. The van der Waals surface area contributed by atoms with Gasteiger partial charge in [0.15, 0.2) is 5.65 Å². The molecule has 2 heterocycles. The first kappa shape index (κ1) is 10.7. The van der Waals surface area contributed by atoms with Gasteiger partial charge in [0.1, 0.15) is 6.33 Å². The highest BCUT2D eigenvalue weighted by Gasteiger charge is 2.02. The molecule has 0 N–H and O–H groups in total. The number of aromatic nitrogens is 4. The molecule has 0 saturated carbocycles. The van der Waals surface area contributed by atoms with Crippen LogP contribution in [0.3, 0.4) is 0 Å². The van der Waals surface area contributed by atoms with Crippen LogP contribution in [0.2, 0.25) is 0 Å². The maximum absolute atomic E-state index is 5.70. The van der Waals surface area contributed by atoms with Gasteiger partial charge in [-0.25, -0.2) is 4.40 Å². The van der Waals surface area contributed by atoms with Crippen molar-refractivity contribution in [3.8, 4) is 5.88 Å². The van der Waals surface area contributed by atoms with E-state index < -0.39 is 0 Å². The van der Waals surface area contributed by atoms with Gasteiger partial charge in [-0.15, -0.1) is 10.2 Å². The minimum absolute atomic E-state index is 0.600. The second-order valence-corrected chi connectivity index (χ2v) is 3.89. The number of ether oxygens (including phenoxy) is 1. The minimum atomic E-state index is 0.600. The third-order valence-corrected chi connectivity index (χ3v) is 2.67. The average Bonchev–Trinajstić information content (AvgIpc) is 2.89. The van der Waals surface area contributed by atoms with Gasteiger partial charge in [0, 0.05) is 6.42 Å². The molecule has 0 fully saturated rings. The fourth-order valence-electron chi connectivity index (χ4n) is 1.76. The molecule has 5 nitrogen and oxygen atoms in total. The van der Waals surface area contributed by atoms with Crippen molar-refractivity contribution in [3.63, 3.8) is 0 Å². The van der Waals surface area contributed by atoms with Crippen molar-refractivity contribution in [2.24, 2.45) is 0 Å². The average molecular weight is 240 g/mol. The highest BCUT2D eigenvalue weighted by atomic mass is 16.5. The zero-order valence-electron chi connectivity index (χ0n) is 9.73. The number of hydrogen-bond donors (Lipinski definition) is 0. The molecule has 1 aromatic carbocycles. The molecule has 2 aromatic heterocycles. The molecular formula is C13H12N4O. The van der Waals surface area contributed by atoms with E-state index in [9.17, 15) is 0 Å². The Hall–Kier alpha value is -2.43. The number of rotatable bonds is 4. The van der Waals surface area contributed by atoms with Crippen molar-refractivity contribution < 1.29 is 4.74 Å². The molecule has 0 aliphatic heterocycles. The molecule has 5 heteroatoms. The first-order valence-corrected chi connectivity index (χ1v) is 5.74. The Labute approximate surface area is 104 Å². The molecule has 0 unspecified atom stereocenters. The van der Waals surface area contributed by atoms with Crippen LogP contribution in [0.4, 0.5) is 0 Å². The largest absolute Gasteiger partial charge is 0.477 e. The Morgan fingerprint density at radius 3 is 2.89 bits per heavy atom. The van der Waals surface area contributed by atoms with Crippen molar-refractivity contribution in [2.75, 3.05) is 6.61 Å². The summed E-state index contributed by atoms with van der Waals surface area (Å²) in [6.45, 7) is 0.600. The van der Waals surface area contributed by atoms with Crippen molar-refractivity contribution in [1.82, 2.24) is 19.6 Å². The topological polar surface area (TPSA) is 52.3 Å². The van der Waals surface area contributed by atoms with E-state index in [4.69, 9.17) is 4.74 Å². The van der Waals surface area contributed by atoms with Crippen LogP contribution in [-0.4, -0.2) is 26.2 Å². The molecule has 0 saturated heterocycles. The Bertz CT molecular complexity index is 636. The summed E-state index contributed by atoms with van der Waals surface area (Å²) in [7, 11) is 0. The summed E-state index contributed by atoms with van der Waals surface area (Å²) >= 11 is 0. The van der Waals surface area contributed by atoms with Crippen molar-refractivity contribution in [2.45, 2.75) is 6.42 Å². The molecule has 0 bridgehead atoms. The summed E-state index contributed by atoms with van der Waals surface area (Å²) < 4.78 is 7.48. The molecule has 0 radical (unpaired) electrons. The second-order valence-electron chi connectivity index (χ2n) is 3.89. The third kappa shape index (κ3) is 2.15. The SMILES string of the molecule is c1ccc(CCOc2cncc3nncn23)cc1. The summed E-state index contributed by atoms with van der Waals surface area (Å²) in [5, 5.41) is 7.74. The molecule has 18 heavy (non-hydrogen) atoms. The fourth-order valence-corrected chi connectivity index (χ4v) is 1.76. The quantitative estimate of drug-likeness (QED) is 0.697. The Kier molecular flexibility index (Phi) is 2.87. The van der Waals surface area contributed by atoms with E-state index in [-0.39, 0.29) is 0 Å². The maximum atomic E-state index is 5.70. The van der Waals surface area contributed by atoms with E-state index in [2.05, 4.69) is 27.3 Å². The van der Waals surface area contributed by atoms with E-state index in [1.807, 2.05) is 18.2 Å². The zero-order chi connectivity index (χ0) is 12.2. The van der Waals surface area contributed by atoms with E-state index in [0.29, 0.717) is 18.1 Å². The molecular weight excluding hydrogens is 228 g/mol. The van der Waals surface area contributed by atoms with E-state index in [1.165, 1.54) is 5.56 Å². The summed E-state index contributed by atoms with van der Waals surface area (Å²) in [6.07, 6.45) is 5.80. The fraction of sp³-hybridized carbons (Fsp3) is 0.154. The van der Waals surface area contributed by atoms with Gasteiger partial charge in [-0.3, -0.25) is 4.98 Å². The second kappa shape index (κ2) is 4.83. The lowest BCUT2D eigenvalue weighted by Crippen LogP contribution is -2.04. The van der Waals surface area contributed by atoms with E-state index in [1.54, 1.807) is 23.1 Å². The van der Waals surface area contributed by atoms with E-state index in [0.717, 1.165) is 6.42 Å². The van der Waals surface area contributed by atoms with Gasteiger partial charge in [0.05, 0.1) is 19.0 Å². The van der Waals surface area contributed by atoms with Gasteiger partial charge in [0.25, 0.3) is 0 Å². The molecule has 3 aromatic rings. The van der Waals surface area contributed by atoms with Gasteiger partial charge in [-0.2, -0.15) is 0 Å². The summed E-state index contributed by atoms with van der Waals surface area (Å²) in [5.41, 5.74) is 1.94. The number of hydrogen-bond acceptors (Lipinski definition) is 4. The highest BCUT2D eigenvalue weighted by Crippen LogP contribution is 2.11. The Morgan fingerprint density at radius 1 is 1.11 bits per heavy atom. The Balaban J connectivity index is 1.68. The standard InChI is InChI=1S/C13H12N4O/c1-2-4-11(5-3-1)6-7-18-13-9-14-8-12-16-15-10-17(12)13/h1-5,8-10H,6-7H2. The van der Waals surface area contributed by atoms with Crippen LogP contribution < -0.4 is 4.74 Å². The first-order valence-electron chi connectivity index (χ1n) is 5.74. The van der Waals surface area contributed by atoms with Crippen LogP contribution in [0.15, 0.2) is 49.1 Å². The third-order valence-electron chi connectivity index (χ3n) is 2.67. The molecule has 0 atom stereocenters. The lowest BCUT2D eigenvalue weighted by atomic mass is 10.2. The van der Waals surface area contributed by atoms with Crippen LogP contribution in [-0.2, 0) is 6.42 Å². The maximum Gasteiger partial charge on any atom is 0.219 e. The molecule has 0 spiro atoms. The van der Waals surface area contributed by atoms with Gasteiger partial charge in [0.2, 0.25) is 5.88 Å². The van der Waals surface area contributed by atoms with Crippen LogP contribution in [0.1, 0.15) is 5.56 Å². The van der Waals surface area contributed by atoms with Gasteiger partial charge < -0.3 is 4.74 Å². The number of nitrogens with zero attached hydrogens (tertiary/aromatic N) is 4. The van der Waals surface area contributed by atoms with Crippen molar-refractivity contribution in [1.29, 1.82) is 0 Å². The molecule has 0 amide bonds. The van der Waals surface area contributed by atoms with Gasteiger partial charge >= 0.3 is 0 Å². The van der Waals surface area contributed by atoms with Crippen LogP contribution in [0.25, 0.3) is 5.65 Å². The smallest absolute Gasteiger partial charge is 0.219 e. The number of benzene rings is 1. The summed E-state index contributed by atoms with van der Waals surface area (Å²) in [5.74, 6) is 0.661. The van der Waals surface area contributed by atoms with Crippen molar-refractivity contribution in [3.05, 3.63) is 54.6 Å². The predicted octanol–water partition coefficient (Wildman–Crippen LogP) is 1.75. The number of fused-ring (bicyclic) bond motifs is 1. The normalized spacial score (nSPS) is 10.7.